The Kier molecular flexibility index (Phi) is 6.07. The van der Waals surface area contributed by atoms with Gasteiger partial charge >= 0.3 is 0 Å². The van der Waals surface area contributed by atoms with Gasteiger partial charge in [-0.05, 0) is 24.5 Å². The number of nitrogens with two attached hydrogens (primary N) is 1. The number of nitrogens with zero attached hydrogens (tertiary/aromatic N) is 1. The molecule has 5 heteroatoms. The van der Waals surface area contributed by atoms with Crippen LogP contribution < -0.4 is 5.73 Å². The van der Waals surface area contributed by atoms with Crippen molar-refractivity contribution in [1.29, 1.82) is 0 Å². The molecule has 0 heterocycles. The first-order valence-electron chi connectivity index (χ1n) is 6.75. The monoisotopic (exact) mass is 284 g/mol. The lowest BCUT2D eigenvalue weighted by atomic mass is 10.0. The van der Waals surface area contributed by atoms with E-state index in [-0.39, 0.29) is 23.9 Å². The van der Waals surface area contributed by atoms with Crippen LogP contribution in [-0.4, -0.2) is 30.4 Å². The Morgan fingerprint density at radius 3 is 2.35 bits per heavy atom. The van der Waals surface area contributed by atoms with Crippen LogP contribution in [0.15, 0.2) is 18.2 Å². The van der Waals surface area contributed by atoms with Gasteiger partial charge < -0.3 is 10.6 Å². The zero-order valence-electron chi connectivity index (χ0n) is 12.2. The van der Waals surface area contributed by atoms with Crippen LogP contribution in [0.25, 0.3) is 0 Å². The summed E-state index contributed by atoms with van der Waals surface area (Å²) in [4.78, 5) is 13.4. The second-order valence-corrected chi connectivity index (χ2v) is 5.39. The summed E-state index contributed by atoms with van der Waals surface area (Å²) in [7, 11) is 1.62. The van der Waals surface area contributed by atoms with Gasteiger partial charge in [-0.2, -0.15) is 0 Å². The minimum Gasteiger partial charge on any atom is -0.345 e. The SMILES string of the molecule is CC(C)C(N)CCN(C)C(=O)Cc1c(F)cccc1F. The molecule has 0 aliphatic rings. The molecule has 0 aliphatic heterocycles. The molecule has 0 saturated heterocycles. The molecule has 0 bridgehead atoms. The third-order valence-corrected chi connectivity index (χ3v) is 3.47. The summed E-state index contributed by atoms with van der Waals surface area (Å²) in [6.45, 7) is 4.51. The lowest BCUT2D eigenvalue weighted by Crippen LogP contribution is -2.35. The van der Waals surface area contributed by atoms with E-state index in [4.69, 9.17) is 5.73 Å². The van der Waals surface area contributed by atoms with E-state index in [1.54, 1.807) is 7.05 Å². The second-order valence-electron chi connectivity index (χ2n) is 5.39. The maximum atomic E-state index is 13.5. The number of amides is 1. The van der Waals surface area contributed by atoms with Gasteiger partial charge in [0.15, 0.2) is 0 Å². The number of hydrogen-bond acceptors (Lipinski definition) is 2. The van der Waals surface area contributed by atoms with E-state index in [0.29, 0.717) is 18.9 Å². The first-order chi connectivity index (χ1) is 9.32. The topological polar surface area (TPSA) is 46.3 Å². The molecular weight excluding hydrogens is 262 g/mol. The van der Waals surface area contributed by atoms with Gasteiger partial charge in [-0.15, -0.1) is 0 Å². The Morgan fingerprint density at radius 1 is 1.30 bits per heavy atom. The predicted molar refractivity (Wildman–Crippen MR) is 75.1 cm³/mol. The zero-order valence-corrected chi connectivity index (χ0v) is 12.2. The first kappa shape index (κ1) is 16.6. The highest BCUT2D eigenvalue weighted by Crippen LogP contribution is 2.14. The molecule has 1 unspecified atom stereocenters. The summed E-state index contributed by atoms with van der Waals surface area (Å²) in [6.07, 6.45) is 0.394. The third-order valence-electron chi connectivity index (χ3n) is 3.47. The van der Waals surface area contributed by atoms with Crippen molar-refractivity contribution in [2.75, 3.05) is 13.6 Å². The van der Waals surface area contributed by atoms with Crippen molar-refractivity contribution >= 4 is 5.91 Å². The molecule has 0 radical (unpaired) electrons. The molecule has 1 amide bonds. The minimum atomic E-state index is -0.689. The average Bonchev–Trinajstić information content (AvgIpc) is 2.39. The second kappa shape index (κ2) is 7.33. The van der Waals surface area contributed by atoms with E-state index >= 15 is 0 Å². The number of halogens is 2. The van der Waals surface area contributed by atoms with Gasteiger partial charge in [0.1, 0.15) is 11.6 Å². The van der Waals surface area contributed by atoms with Crippen molar-refractivity contribution in [3.8, 4) is 0 Å². The van der Waals surface area contributed by atoms with Crippen molar-refractivity contribution in [1.82, 2.24) is 4.90 Å². The van der Waals surface area contributed by atoms with Crippen LogP contribution >= 0.6 is 0 Å². The summed E-state index contributed by atoms with van der Waals surface area (Å²) >= 11 is 0. The highest BCUT2D eigenvalue weighted by atomic mass is 19.1. The molecule has 0 saturated carbocycles. The van der Waals surface area contributed by atoms with Crippen molar-refractivity contribution in [3.63, 3.8) is 0 Å². The Morgan fingerprint density at radius 2 is 1.85 bits per heavy atom. The molecule has 20 heavy (non-hydrogen) atoms. The van der Waals surface area contributed by atoms with Crippen molar-refractivity contribution in [2.45, 2.75) is 32.7 Å². The average molecular weight is 284 g/mol. The molecule has 1 atom stereocenters. The molecule has 1 aromatic carbocycles. The lowest BCUT2D eigenvalue weighted by Gasteiger charge is -2.21. The van der Waals surface area contributed by atoms with E-state index in [1.165, 1.54) is 11.0 Å². The molecule has 112 valence electrons. The molecule has 0 spiro atoms. The minimum absolute atomic E-state index is 0.00967. The van der Waals surface area contributed by atoms with E-state index in [0.717, 1.165) is 12.1 Å². The highest BCUT2D eigenvalue weighted by Gasteiger charge is 2.17. The van der Waals surface area contributed by atoms with Crippen LogP contribution in [0, 0.1) is 17.6 Å². The maximum absolute atomic E-state index is 13.5. The molecule has 0 aromatic heterocycles. The normalized spacial score (nSPS) is 12.6. The Hall–Kier alpha value is -1.49. The van der Waals surface area contributed by atoms with Crippen LogP contribution in [0.2, 0.25) is 0 Å². The summed E-state index contributed by atoms with van der Waals surface area (Å²) in [5.41, 5.74) is 5.72. The number of carbonyl (C=O) groups is 1. The van der Waals surface area contributed by atoms with Crippen molar-refractivity contribution in [3.05, 3.63) is 35.4 Å². The fourth-order valence-electron chi connectivity index (χ4n) is 1.79. The van der Waals surface area contributed by atoms with E-state index < -0.39 is 11.6 Å². The van der Waals surface area contributed by atoms with Gasteiger partial charge in [-0.3, -0.25) is 4.79 Å². The number of likely N-dealkylation sites (N-methyl/N-ethyl adjacent to an activating group) is 1. The maximum Gasteiger partial charge on any atom is 0.226 e. The van der Waals surface area contributed by atoms with Crippen LogP contribution in [-0.2, 0) is 11.2 Å². The quantitative estimate of drug-likeness (QED) is 0.871. The summed E-state index contributed by atoms with van der Waals surface area (Å²) in [5, 5.41) is 0. The van der Waals surface area contributed by atoms with Crippen molar-refractivity contribution < 1.29 is 13.6 Å². The molecule has 1 rings (SSSR count). The highest BCUT2D eigenvalue weighted by molar-refractivity contribution is 5.78. The standard InChI is InChI=1S/C15H22F2N2O/c1-10(2)14(18)7-8-19(3)15(20)9-11-12(16)5-4-6-13(11)17/h4-6,10,14H,7-9,18H2,1-3H3. The van der Waals surface area contributed by atoms with Gasteiger partial charge in [-0.25, -0.2) is 8.78 Å². The van der Waals surface area contributed by atoms with Gasteiger partial charge in [0.05, 0.1) is 6.42 Å². The van der Waals surface area contributed by atoms with Crippen LogP contribution in [0.4, 0.5) is 8.78 Å². The lowest BCUT2D eigenvalue weighted by molar-refractivity contribution is -0.129. The summed E-state index contributed by atoms with van der Waals surface area (Å²) in [6, 6.07) is 3.60. The number of hydrogen-bond donors (Lipinski definition) is 1. The molecular formula is C15H22F2N2O. The van der Waals surface area contributed by atoms with Gasteiger partial charge in [0.2, 0.25) is 5.91 Å². The van der Waals surface area contributed by atoms with E-state index in [1.807, 2.05) is 13.8 Å². The first-order valence-corrected chi connectivity index (χ1v) is 6.75. The number of carbonyl (C=O) groups excluding carboxylic acids is 1. The van der Waals surface area contributed by atoms with Crippen molar-refractivity contribution in [2.24, 2.45) is 11.7 Å². The third kappa shape index (κ3) is 4.56. The Bertz CT molecular complexity index is 443. The van der Waals surface area contributed by atoms with Gasteiger partial charge in [0, 0.05) is 25.2 Å². The number of rotatable bonds is 6. The van der Waals surface area contributed by atoms with E-state index in [2.05, 4.69) is 0 Å². The summed E-state index contributed by atoms with van der Waals surface area (Å²) < 4.78 is 26.9. The van der Waals surface area contributed by atoms with E-state index in [9.17, 15) is 13.6 Å². The predicted octanol–water partition coefficient (Wildman–Crippen LogP) is 2.34. The molecule has 2 N–H and O–H groups in total. The smallest absolute Gasteiger partial charge is 0.226 e. The fraction of sp³-hybridized carbons (Fsp3) is 0.533. The molecule has 0 fully saturated rings. The summed E-state index contributed by atoms with van der Waals surface area (Å²) in [5.74, 6) is -1.36. The Balaban J connectivity index is 2.58. The molecule has 0 aliphatic carbocycles. The fourth-order valence-corrected chi connectivity index (χ4v) is 1.79. The molecule has 3 nitrogen and oxygen atoms in total. The van der Waals surface area contributed by atoms with Crippen LogP contribution in [0.3, 0.4) is 0 Å². The Labute approximate surface area is 118 Å². The van der Waals surface area contributed by atoms with Crippen LogP contribution in [0.5, 0.6) is 0 Å². The zero-order chi connectivity index (χ0) is 15.3. The van der Waals surface area contributed by atoms with Gasteiger partial charge in [0.25, 0.3) is 0 Å². The largest absolute Gasteiger partial charge is 0.345 e. The van der Waals surface area contributed by atoms with Crippen LogP contribution in [0.1, 0.15) is 25.8 Å². The van der Waals surface area contributed by atoms with Gasteiger partial charge in [-0.1, -0.05) is 19.9 Å². The molecule has 1 aromatic rings. The number of benzene rings is 1.